The second-order valence-electron chi connectivity index (χ2n) is 4.30. The Bertz CT molecular complexity index is 325. The van der Waals surface area contributed by atoms with Gasteiger partial charge in [0.05, 0.1) is 12.7 Å². The zero-order chi connectivity index (χ0) is 11.4. The normalized spacial score (nSPS) is 24.9. The van der Waals surface area contributed by atoms with Gasteiger partial charge in [-0.3, -0.25) is 0 Å². The van der Waals surface area contributed by atoms with Crippen molar-refractivity contribution in [2.24, 2.45) is 0 Å². The van der Waals surface area contributed by atoms with Crippen LogP contribution in [-0.4, -0.2) is 19.2 Å². The molecule has 1 saturated carbocycles. The minimum atomic E-state index is 0.383. The Morgan fingerprint density at radius 3 is 2.75 bits per heavy atom. The van der Waals surface area contributed by atoms with Crippen molar-refractivity contribution in [3.8, 4) is 0 Å². The van der Waals surface area contributed by atoms with E-state index in [4.69, 9.17) is 4.74 Å². The minimum Gasteiger partial charge on any atom is -0.372 e. The molecule has 1 aromatic rings. The van der Waals surface area contributed by atoms with Crippen LogP contribution in [0.1, 0.15) is 24.8 Å². The maximum Gasteiger partial charge on any atom is 0.0732 e. The zero-order valence-electron chi connectivity index (χ0n) is 9.58. The maximum atomic E-state index is 5.95. The Kier molecular flexibility index (Phi) is 4.38. The highest BCUT2D eigenvalue weighted by molar-refractivity contribution is 9.10. The summed E-state index contributed by atoms with van der Waals surface area (Å²) in [7, 11) is 2.02. The molecule has 1 aliphatic carbocycles. The molecule has 0 aromatic heterocycles. The number of ether oxygens (including phenoxy) is 1. The number of benzene rings is 1. The number of halogens is 1. The molecule has 1 aliphatic rings. The second kappa shape index (κ2) is 5.80. The van der Waals surface area contributed by atoms with E-state index in [0.29, 0.717) is 12.1 Å². The summed E-state index contributed by atoms with van der Waals surface area (Å²) < 4.78 is 7.07. The van der Waals surface area contributed by atoms with Gasteiger partial charge in [-0.2, -0.15) is 0 Å². The van der Waals surface area contributed by atoms with Gasteiger partial charge >= 0.3 is 0 Å². The van der Waals surface area contributed by atoms with E-state index in [0.717, 1.165) is 11.1 Å². The third-order valence-electron chi connectivity index (χ3n) is 3.20. The first-order valence-corrected chi connectivity index (χ1v) is 6.62. The fourth-order valence-corrected chi connectivity index (χ4v) is 2.50. The lowest BCUT2D eigenvalue weighted by atomic mass is 10.2. The van der Waals surface area contributed by atoms with Crippen LogP contribution in [0, 0.1) is 0 Å². The minimum absolute atomic E-state index is 0.383. The molecule has 0 bridgehead atoms. The van der Waals surface area contributed by atoms with Crippen molar-refractivity contribution in [2.45, 2.75) is 38.0 Å². The quantitative estimate of drug-likeness (QED) is 0.917. The maximum absolute atomic E-state index is 5.95. The van der Waals surface area contributed by atoms with Crippen LogP contribution in [0.3, 0.4) is 0 Å². The molecule has 1 fully saturated rings. The molecule has 16 heavy (non-hydrogen) atoms. The number of hydrogen-bond acceptors (Lipinski definition) is 2. The van der Waals surface area contributed by atoms with Crippen molar-refractivity contribution in [1.29, 1.82) is 0 Å². The molecule has 0 heterocycles. The van der Waals surface area contributed by atoms with Crippen molar-refractivity contribution in [3.05, 3.63) is 34.3 Å². The third-order valence-corrected chi connectivity index (χ3v) is 3.73. The number of likely N-dealkylation sites (N-methyl/N-ethyl adjacent to an activating group) is 1. The number of hydrogen-bond donors (Lipinski definition) is 1. The van der Waals surface area contributed by atoms with Crippen molar-refractivity contribution in [3.63, 3.8) is 0 Å². The molecule has 0 aliphatic heterocycles. The Labute approximate surface area is 106 Å². The Balaban J connectivity index is 1.85. The average Bonchev–Trinajstić information content (AvgIpc) is 2.76. The second-order valence-corrected chi connectivity index (χ2v) is 5.22. The highest BCUT2D eigenvalue weighted by Gasteiger charge is 2.26. The van der Waals surface area contributed by atoms with Gasteiger partial charge in [0.15, 0.2) is 0 Å². The largest absolute Gasteiger partial charge is 0.372 e. The molecule has 2 rings (SSSR count). The van der Waals surface area contributed by atoms with E-state index in [-0.39, 0.29) is 0 Å². The van der Waals surface area contributed by atoms with Crippen molar-refractivity contribution < 1.29 is 4.74 Å². The van der Waals surface area contributed by atoms with E-state index in [1.807, 2.05) is 7.05 Å². The molecule has 0 spiro atoms. The smallest absolute Gasteiger partial charge is 0.0732 e. The Hall–Kier alpha value is -0.380. The lowest BCUT2D eigenvalue weighted by molar-refractivity contribution is 0.0295. The van der Waals surface area contributed by atoms with Gasteiger partial charge in [-0.05, 0) is 44.0 Å². The summed E-state index contributed by atoms with van der Waals surface area (Å²) in [5.74, 6) is 0. The summed E-state index contributed by atoms with van der Waals surface area (Å²) in [4.78, 5) is 0. The van der Waals surface area contributed by atoms with E-state index in [1.165, 1.54) is 24.8 Å². The van der Waals surface area contributed by atoms with Crippen LogP contribution in [0.5, 0.6) is 0 Å². The first kappa shape index (κ1) is 12.1. The summed E-state index contributed by atoms with van der Waals surface area (Å²) in [6.07, 6.45) is 4.08. The first-order valence-electron chi connectivity index (χ1n) is 5.83. The Morgan fingerprint density at radius 2 is 2.06 bits per heavy atom. The fraction of sp³-hybridized carbons (Fsp3) is 0.538. The highest BCUT2D eigenvalue weighted by atomic mass is 79.9. The Morgan fingerprint density at radius 1 is 1.31 bits per heavy atom. The van der Waals surface area contributed by atoms with Crippen LogP contribution in [-0.2, 0) is 11.3 Å². The summed E-state index contributed by atoms with van der Waals surface area (Å²) in [5.41, 5.74) is 1.24. The van der Waals surface area contributed by atoms with Gasteiger partial charge in [-0.1, -0.05) is 28.1 Å². The predicted molar refractivity (Wildman–Crippen MR) is 69.4 cm³/mol. The number of nitrogens with one attached hydrogen (secondary N) is 1. The van der Waals surface area contributed by atoms with E-state index < -0.39 is 0 Å². The van der Waals surface area contributed by atoms with Gasteiger partial charge in [0.2, 0.25) is 0 Å². The first-order chi connectivity index (χ1) is 7.79. The summed E-state index contributed by atoms with van der Waals surface area (Å²) >= 11 is 3.43. The predicted octanol–water partition coefficient (Wildman–Crippen LogP) is 3.11. The molecule has 2 nitrogen and oxygen atoms in total. The van der Waals surface area contributed by atoms with Gasteiger partial charge in [0.1, 0.15) is 0 Å². The van der Waals surface area contributed by atoms with Crippen LogP contribution in [0.25, 0.3) is 0 Å². The SMILES string of the molecule is CNC1CCCC1OCc1ccc(Br)cc1. The molecule has 2 atom stereocenters. The molecule has 88 valence electrons. The standard InChI is InChI=1S/C13H18BrNO/c1-15-12-3-2-4-13(12)16-9-10-5-7-11(14)8-6-10/h5-8,12-13,15H,2-4,9H2,1H3. The lowest BCUT2D eigenvalue weighted by Crippen LogP contribution is -2.34. The molecule has 0 amide bonds. The van der Waals surface area contributed by atoms with Crippen LogP contribution in [0.4, 0.5) is 0 Å². The van der Waals surface area contributed by atoms with Crippen LogP contribution < -0.4 is 5.32 Å². The van der Waals surface area contributed by atoms with Crippen molar-refractivity contribution >= 4 is 15.9 Å². The van der Waals surface area contributed by atoms with Crippen LogP contribution in [0.15, 0.2) is 28.7 Å². The van der Waals surface area contributed by atoms with Gasteiger partial charge in [0, 0.05) is 10.5 Å². The molecule has 3 heteroatoms. The summed E-state index contributed by atoms with van der Waals surface area (Å²) in [5, 5.41) is 3.33. The summed E-state index contributed by atoms with van der Waals surface area (Å²) in [6, 6.07) is 8.86. The molecule has 0 saturated heterocycles. The van der Waals surface area contributed by atoms with E-state index in [9.17, 15) is 0 Å². The average molecular weight is 284 g/mol. The zero-order valence-corrected chi connectivity index (χ0v) is 11.2. The van der Waals surface area contributed by atoms with Crippen LogP contribution >= 0.6 is 15.9 Å². The molecule has 2 unspecified atom stereocenters. The van der Waals surface area contributed by atoms with E-state index in [1.54, 1.807) is 0 Å². The molecule has 0 radical (unpaired) electrons. The molecular weight excluding hydrogens is 266 g/mol. The van der Waals surface area contributed by atoms with E-state index in [2.05, 4.69) is 45.5 Å². The lowest BCUT2D eigenvalue weighted by Gasteiger charge is -2.19. The van der Waals surface area contributed by atoms with Crippen molar-refractivity contribution in [1.82, 2.24) is 5.32 Å². The molecule has 1 N–H and O–H groups in total. The van der Waals surface area contributed by atoms with Crippen molar-refractivity contribution in [2.75, 3.05) is 7.05 Å². The fourth-order valence-electron chi connectivity index (χ4n) is 2.24. The topological polar surface area (TPSA) is 21.3 Å². The number of rotatable bonds is 4. The van der Waals surface area contributed by atoms with Crippen LogP contribution in [0.2, 0.25) is 0 Å². The van der Waals surface area contributed by atoms with E-state index >= 15 is 0 Å². The summed E-state index contributed by atoms with van der Waals surface area (Å²) in [6.45, 7) is 0.718. The van der Waals surface area contributed by atoms with Gasteiger partial charge in [0.25, 0.3) is 0 Å². The monoisotopic (exact) mass is 283 g/mol. The third kappa shape index (κ3) is 3.06. The molecular formula is C13H18BrNO. The van der Waals surface area contributed by atoms with Gasteiger partial charge in [-0.25, -0.2) is 0 Å². The highest BCUT2D eigenvalue weighted by Crippen LogP contribution is 2.23. The molecule has 1 aromatic carbocycles. The van der Waals surface area contributed by atoms with Gasteiger partial charge < -0.3 is 10.1 Å². The van der Waals surface area contributed by atoms with Gasteiger partial charge in [-0.15, -0.1) is 0 Å².